The second-order valence-corrected chi connectivity index (χ2v) is 3.83. The van der Waals surface area contributed by atoms with E-state index in [1.807, 2.05) is 0 Å². The zero-order chi connectivity index (χ0) is 7.56. The summed E-state index contributed by atoms with van der Waals surface area (Å²) in [4.78, 5) is 0. The van der Waals surface area contributed by atoms with Crippen molar-refractivity contribution in [3.63, 3.8) is 0 Å². The van der Waals surface area contributed by atoms with Crippen molar-refractivity contribution in [2.24, 2.45) is 0 Å². The molecule has 0 aromatic heterocycles. The Morgan fingerprint density at radius 3 is 2.80 bits per heavy atom. The van der Waals surface area contributed by atoms with E-state index in [0.717, 1.165) is 0 Å². The summed E-state index contributed by atoms with van der Waals surface area (Å²) in [6.45, 7) is -0.270. The largest absolute Gasteiger partial charge is 0.366 e. The minimum Gasteiger partial charge on any atom is -0.366 e. The molecule has 0 spiro atoms. The van der Waals surface area contributed by atoms with Gasteiger partial charge in [0.25, 0.3) is 0 Å². The minimum atomic E-state index is -2.82. The van der Waals surface area contributed by atoms with Crippen molar-refractivity contribution in [2.75, 3.05) is 6.61 Å². The predicted octanol–water partition coefficient (Wildman–Crippen LogP) is 0.148. The first kappa shape index (κ1) is 8.40. The smallest absolute Gasteiger partial charge is 0.328 e. The summed E-state index contributed by atoms with van der Waals surface area (Å²) in [6, 6.07) is 0. The molecule has 3 atom stereocenters. The third-order valence-corrected chi connectivity index (χ3v) is 2.94. The van der Waals surface area contributed by atoms with Crippen LogP contribution in [0.3, 0.4) is 0 Å². The number of hydrogen-bond acceptors (Lipinski definition) is 6. The molecule has 1 aliphatic heterocycles. The molecule has 1 saturated heterocycles. The van der Waals surface area contributed by atoms with Crippen LogP contribution in [0.5, 0.6) is 0 Å². The normalized spacial score (nSPS) is 42.7. The SMILES string of the molecule is O=[PH]1OCC(O)O[PH](=O)O1. The van der Waals surface area contributed by atoms with Gasteiger partial charge in [-0.2, -0.15) is 0 Å². The second-order valence-electron chi connectivity index (χ2n) is 1.49. The Morgan fingerprint density at radius 1 is 1.40 bits per heavy atom. The quantitative estimate of drug-likeness (QED) is 0.544. The van der Waals surface area contributed by atoms with Gasteiger partial charge in [-0.25, -0.2) is 4.31 Å². The Labute approximate surface area is 58.0 Å². The summed E-state index contributed by atoms with van der Waals surface area (Å²) < 4.78 is 33.6. The van der Waals surface area contributed by atoms with Crippen LogP contribution >= 0.6 is 16.5 Å². The van der Waals surface area contributed by atoms with Gasteiger partial charge in [0.1, 0.15) is 6.61 Å². The Balaban J connectivity index is 2.54. The highest BCUT2D eigenvalue weighted by Crippen LogP contribution is 2.43. The van der Waals surface area contributed by atoms with Gasteiger partial charge < -0.3 is 9.63 Å². The first-order chi connectivity index (χ1) is 4.68. The molecule has 0 aliphatic carbocycles. The first-order valence-corrected chi connectivity index (χ1v) is 4.87. The van der Waals surface area contributed by atoms with Crippen LogP contribution in [0.4, 0.5) is 0 Å². The summed E-state index contributed by atoms with van der Waals surface area (Å²) >= 11 is 0. The molecule has 1 heterocycles. The summed E-state index contributed by atoms with van der Waals surface area (Å²) in [5.74, 6) is 0. The molecule has 1 aliphatic rings. The third kappa shape index (κ3) is 2.50. The maximum atomic E-state index is 10.4. The summed E-state index contributed by atoms with van der Waals surface area (Å²) in [5, 5.41) is 8.65. The average molecular weight is 188 g/mol. The Kier molecular flexibility index (Phi) is 3.04. The van der Waals surface area contributed by atoms with Crippen LogP contribution in [0, 0.1) is 0 Å². The molecule has 60 valence electrons. The van der Waals surface area contributed by atoms with Crippen molar-refractivity contribution >= 4 is 16.5 Å². The van der Waals surface area contributed by atoms with Gasteiger partial charge in [-0.1, -0.05) is 0 Å². The fraction of sp³-hybridized carbons (Fsp3) is 1.00. The molecule has 0 bridgehead atoms. The van der Waals surface area contributed by atoms with Gasteiger partial charge in [-0.3, -0.25) is 13.7 Å². The van der Waals surface area contributed by atoms with Gasteiger partial charge in [0.05, 0.1) is 0 Å². The van der Waals surface area contributed by atoms with Crippen LogP contribution in [-0.2, 0) is 22.5 Å². The van der Waals surface area contributed by atoms with Crippen molar-refractivity contribution in [1.82, 2.24) is 0 Å². The van der Waals surface area contributed by atoms with Gasteiger partial charge >= 0.3 is 16.5 Å². The van der Waals surface area contributed by atoms with Crippen LogP contribution < -0.4 is 0 Å². The second kappa shape index (κ2) is 3.62. The van der Waals surface area contributed by atoms with E-state index in [1.165, 1.54) is 0 Å². The van der Waals surface area contributed by atoms with Crippen molar-refractivity contribution in [3.05, 3.63) is 0 Å². The van der Waals surface area contributed by atoms with E-state index in [2.05, 4.69) is 13.4 Å². The molecule has 8 heteroatoms. The molecule has 1 N–H and O–H groups in total. The predicted molar refractivity (Wildman–Crippen MR) is 32.1 cm³/mol. The maximum absolute atomic E-state index is 10.4. The van der Waals surface area contributed by atoms with Crippen molar-refractivity contribution in [1.29, 1.82) is 0 Å². The van der Waals surface area contributed by atoms with Crippen molar-refractivity contribution in [3.8, 4) is 0 Å². The topological polar surface area (TPSA) is 82.1 Å². The molecule has 0 aromatic rings. The van der Waals surface area contributed by atoms with Crippen LogP contribution in [0.15, 0.2) is 0 Å². The van der Waals surface area contributed by atoms with Gasteiger partial charge in [0.2, 0.25) is 0 Å². The van der Waals surface area contributed by atoms with Crippen LogP contribution in [0.1, 0.15) is 0 Å². The van der Waals surface area contributed by atoms with Gasteiger partial charge in [-0.05, 0) is 0 Å². The summed E-state index contributed by atoms with van der Waals surface area (Å²) in [5.41, 5.74) is 0. The highest BCUT2D eigenvalue weighted by Gasteiger charge is 2.18. The monoisotopic (exact) mass is 188 g/mol. The Hall–Kier alpha value is 0.300. The lowest BCUT2D eigenvalue weighted by atomic mass is 10.7. The van der Waals surface area contributed by atoms with E-state index in [-0.39, 0.29) is 6.61 Å². The fourth-order valence-electron chi connectivity index (χ4n) is 0.406. The lowest BCUT2D eigenvalue weighted by molar-refractivity contribution is -0.0386. The molecule has 0 amide bonds. The van der Waals surface area contributed by atoms with E-state index >= 15 is 0 Å². The summed E-state index contributed by atoms with van der Waals surface area (Å²) in [7, 11) is -5.53. The third-order valence-electron chi connectivity index (χ3n) is 0.743. The van der Waals surface area contributed by atoms with Crippen LogP contribution in [0.25, 0.3) is 0 Å². The Morgan fingerprint density at radius 2 is 2.10 bits per heavy atom. The molecule has 0 aromatic carbocycles. The lowest BCUT2D eigenvalue weighted by Gasteiger charge is -2.01. The van der Waals surface area contributed by atoms with Crippen molar-refractivity contribution < 1.29 is 27.6 Å². The minimum absolute atomic E-state index is 0.270. The van der Waals surface area contributed by atoms with Gasteiger partial charge in [0.15, 0.2) is 6.29 Å². The molecular weight excluding hydrogens is 182 g/mol. The highest BCUT2D eigenvalue weighted by molar-refractivity contribution is 7.47. The standard InChI is InChI=1S/C2H6O6P2/c3-2-1-6-9(4)8-10(5)7-2/h2-3,9-10H,1H2. The molecule has 1 rings (SSSR count). The first-order valence-electron chi connectivity index (χ1n) is 2.42. The number of aliphatic hydroxyl groups is 1. The molecular formula is C2H6O6P2. The van der Waals surface area contributed by atoms with E-state index in [1.54, 1.807) is 0 Å². The lowest BCUT2D eigenvalue weighted by Crippen LogP contribution is -2.11. The number of hydrogen-bond donors (Lipinski definition) is 1. The molecule has 0 radical (unpaired) electrons. The zero-order valence-corrected chi connectivity index (χ0v) is 6.77. The fourth-order valence-corrected chi connectivity index (χ4v) is 1.95. The van der Waals surface area contributed by atoms with Crippen molar-refractivity contribution in [2.45, 2.75) is 6.29 Å². The Bertz CT molecular complexity index is 167. The highest BCUT2D eigenvalue weighted by atomic mass is 31.2. The molecule has 1 fully saturated rings. The molecule has 3 unspecified atom stereocenters. The van der Waals surface area contributed by atoms with E-state index in [9.17, 15) is 9.13 Å². The van der Waals surface area contributed by atoms with Gasteiger partial charge in [0, 0.05) is 0 Å². The molecule has 6 nitrogen and oxygen atoms in total. The zero-order valence-electron chi connectivity index (χ0n) is 4.77. The summed E-state index contributed by atoms with van der Waals surface area (Å²) in [6.07, 6.45) is -1.30. The van der Waals surface area contributed by atoms with Crippen LogP contribution in [-0.4, -0.2) is 18.0 Å². The van der Waals surface area contributed by atoms with E-state index < -0.39 is 22.8 Å². The number of rotatable bonds is 0. The van der Waals surface area contributed by atoms with E-state index in [4.69, 9.17) is 5.11 Å². The van der Waals surface area contributed by atoms with Crippen LogP contribution in [0.2, 0.25) is 0 Å². The molecule has 10 heavy (non-hydrogen) atoms. The van der Waals surface area contributed by atoms with Gasteiger partial charge in [-0.15, -0.1) is 0 Å². The molecule has 0 saturated carbocycles. The maximum Gasteiger partial charge on any atom is 0.328 e. The average Bonchev–Trinajstić information content (AvgIpc) is 1.93. The number of aliphatic hydroxyl groups excluding tert-OH is 1. The van der Waals surface area contributed by atoms with E-state index in [0.29, 0.717) is 0 Å².